The molecule has 1 heterocycles. The summed E-state index contributed by atoms with van der Waals surface area (Å²) < 4.78 is 7.63. The lowest BCUT2D eigenvalue weighted by molar-refractivity contribution is 0.0540. The Kier molecular flexibility index (Phi) is 4.21. The summed E-state index contributed by atoms with van der Waals surface area (Å²) in [5.41, 5.74) is 3.26. The van der Waals surface area contributed by atoms with E-state index in [1.165, 1.54) is 6.07 Å². The van der Waals surface area contributed by atoms with Crippen molar-refractivity contribution in [1.29, 1.82) is 0 Å². The smallest absolute Gasteiger partial charge is 0.195 e. The van der Waals surface area contributed by atoms with E-state index >= 15 is 0 Å². The molecule has 0 spiro atoms. The maximum Gasteiger partial charge on any atom is 0.195 e. The number of phenolic OH excluding ortho intramolecular Hbond substituents is 1. The van der Waals surface area contributed by atoms with Crippen LogP contribution in [0.4, 0.5) is 0 Å². The highest BCUT2D eigenvalue weighted by Crippen LogP contribution is 2.47. The minimum atomic E-state index is -1.05. The number of hydrogen-bond acceptors (Lipinski definition) is 5. The van der Waals surface area contributed by atoms with Gasteiger partial charge in [-0.25, -0.2) is 0 Å². The van der Waals surface area contributed by atoms with Crippen LogP contribution in [-0.2, 0) is 12.5 Å². The monoisotopic (exact) mass is 381 g/mol. The van der Waals surface area contributed by atoms with E-state index in [1.54, 1.807) is 6.07 Å². The van der Waals surface area contributed by atoms with Crippen LogP contribution in [0, 0.1) is 0 Å². The normalized spacial score (nSPS) is 16.0. The lowest BCUT2D eigenvalue weighted by Gasteiger charge is -2.33. The molecule has 1 aliphatic rings. The fourth-order valence-electron chi connectivity index (χ4n) is 4.30. The summed E-state index contributed by atoms with van der Waals surface area (Å²) >= 11 is 0. The number of nitrogens with zero attached hydrogens (tertiary/aromatic N) is 1. The fraction of sp³-hybridized carbons (Fsp3) is 0.318. The number of rotatable bonds is 4. The number of fused-ring (bicyclic) bond motifs is 4. The van der Waals surface area contributed by atoms with Gasteiger partial charge in [-0.3, -0.25) is 4.79 Å². The van der Waals surface area contributed by atoms with Crippen molar-refractivity contribution in [2.75, 3.05) is 13.2 Å². The van der Waals surface area contributed by atoms with Crippen LogP contribution in [0.2, 0.25) is 0 Å². The van der Waals surface area contributed by atoms with Crippen molar-refractivity contribution < 1.29 is 24.9 Å². The molecule has 0 unspecified atom stereocenters. The maximum absolute atomic E-state index is 13.4. The Morgan fingerprint density at radius 1 is 1.21 bits per heavy atom. The summed E-state index contributed by atoms with van der Waals surface area (Å²) in [6.45, 7) is 3.57. The van der Waals surface area contributed by atoms with Crippen molar-refractivity contribution in [2.45, 2.75) is 25.4 Å². The van der Waals surface area contributed by atoms with Gasteiger partial charge in [0.05, 0.1) is 23.1 Å². The summed E-state index contributed by atoms with van der Waals surface area (Å²) in [5, 5.41) is 29.5. The van der Waals surface area contributed by atoms with E-state index in [1.807, 2.05) is 35.9 Å². The molecule has 0 fully saturated rings. The zero-order chi connectivity index (χ0) is 20.2. The second-order valence-electron chi connectivity index (χ2n) is 7.77. The van der Waals surface area contributed by atoms with Gasteiger partial charge in [-0.05, 0) is 5.56 Å². The highest BCUT2D eigenvalue weighted by molar-refractivity contribution is 6.21. The second-order valence-corrected chi connectivity index (χ2v) is 7.77. The van der Waals surface area contributed by atoms with Crippen molar-refractivity contribution in [2.24, 2.45) is 7.05 Å². The summed E-state index contributed by atoms with van der Waals surface area (Å²) in [7, 11) is 1.87. The first-order chi connectivity index (χ1) is 13.3. The molecule has 6 heteroatoms. The van der Waals surface area contributed by atoms with Gasteiger partial charge in [0.1, 0.15) is 24.2 Å². The van der Waals surface area contributed by atoms with E-state index in [0.717, 1.165) is 11.3 Å². The van der Waals surface area contributed by atoms with Crippen molar-refractivity contribution in [1.82, 2.24) is 4.57 Å². The number of ether oxygens (including phenoxy) is 1. The van der Waals surface area contributed by atoms with Crippen LogP contribution in [0.25, 0.3) is 10.9 Å². The van der Waals surface area contributed by atoms with E-state index < -0.39 is 18.1 Å². The average molecular weight is 381 g/mol. The molecule has 146 valence electrons. The molecule has 3 aromatic rings. The predicted molar refractivity (Wildman–Crippen MR) is 105 cm³/mol. The SMILES string of the molecule is Cn1c2c(c3c(OC[C@H](O)CO)cc(O)cc31)C(=O)c1ccccc1C2(C)C. The average Bonchev–Trinajstić information content (AvgIpc) is 2.98. The highest BCUT2D eigenvalue weighted by Gasteiger charge is 2.41. The lowest BCUT2D eigenvalue weighted by atomic mass is 9.71. The first-order valence-electron chi connectivity index (χ1n) is 9.19. The third-order valence-electron chi connectivity index (χ3n) is 5.56. The molecule has 1 aliphatic carbocycles. The molecule has 6 nitrogen and oxygen atoms in total. The van der Waals surface area contributed by atoms with Crippen LogP contribution in [-0.4, -0.2) is 45.0 Å². The van der Waals surface area contributed by atoms with Crippen LogP contribution in [0.5, 0.6) is 11.5 Å². The van der Waals surface area contributed by atoms with Crippen LogP contribution < -0.4 is 4.74 Å². The molecular formula is C22H23NO5. The van der Waals surface area contributed by atoms with Crippen LogP contribution in [0.15, 0.2) is 36.4 Å². The Morgan fingerprint density at radius 3 is 2.64 bits per heavy atom. The zero-order valence-corrected chi connectivity index (χ0v) is 16.1. The minimum absolute atomic E-state index is 0.00158. The van der Waals surface area contributed by atoms with E-state index in [-0.39, 0.29) is 18.1 Å². The molecule has 1 aromatic heterocycles. The van der Waals surface area contributed by atoms with Gasteiger partial charge >= 0.3 is 0 Å². The van der Waals surface area contributed by atoms with Gasteiger partial charge in [-0.2, -0.15) is 0 Å². The molecule has 0 amide bonds. The second kappa shape index (κ2) is 6.36. The third-order valence-corrected chi connectivity index (χ3v) is 5.56. The Bertz CT molecular complexity index is 1100. The minimum Gasteiger partial charge on any atom is -0.508 e. The Hall–Kier alpha value is -2.83. The van der Waals surface area contributed by atoms with Crippen molar-refractivity contribution in [3.63, 3.8) is 0 Å². The number of phenols is 1. The molecule has 0 aliphatic heterocycles. The molecule has 0 saturated carbocycles. The van der Waals surface area contributed by atoms with E-state index in [2.05, 4.69) is 13.8 Å². The number of ketones is 1. The quantitative estimate of drug-likeness (QED) is 0.646. The van der Waals surface area contributed by atoms with Gasteiger partial charge in [0.2, 0.25) is 0 Å². The number of carbonyl (C=O) groups excluding carboxylic acids is 1. The molecule has 2 aromatic carbocycles. The zero-order valence-electron chi connectivity index (χ0n) is 16.1. The Labute approximate surface area is 162 Å². The number of aliphatic hydroxyl groups is 2. The molecule has 28 heavy (non-hydrogen) atoms. The summed E-state index contributed by atoms with van der Waals surface area (Å²) in [4.78, 5) is 13.4. The fourth-order valence-corrected chi connectivity index (χ4v) is 4.30. The lowest BCUT2D eigenvalue weighted by Crippen LogP contribution is -2.31. The van der Waals surface area contributed by atoms with E-state index in [0.29, 0.717) is 27.8 Å². The van der Waals surface area contributed by atoms with Gasteiger partial charge in [0.25, 0.3) is 0 Å². The van der Waals surface area contributed by atoms with Crippen molar-refractivity contribution in [3.05, 3.63) is 58.8 Å². The first-order valence-corrected chi connectivity index (χ1v) is 9.19. The van der Waals surface area contributed by atoms with Gasteiger partial charge in [-0.15, -0.1) is 0 Å². The van der Waals surface area contributed by atoms with Gasteiger partial charge < -0.3 is 24.6 Å². The molecular weight excluding hydrogens is 358 g/mol. The number of hydrogen-bond donors (Lipinski definition) is 3. The van der Waals surface area contributed by atoms with E-state index in [4.69, 9.17) is 9.84 Å². The van der Waals surface area contributed by atoms with Crippen molar-refractivity contribution in [3.8, 4) is 11.5 Å². The van der Waals surface area contributed by atoms with Gasteiger partial charge in [-0.1, -0.05) is 38.1 Å². The number of aliphatic hydroxyl groups excluding tert-OH is 2. The number of aryl methyl sites for hydroxylation is 1. The van der Waals surface area contributed by atoms with Crippen LogP contribution in [0.1, 0.15) is 41.0 Å². The number of aromatic nitrogens is 1. The highest BCUT2D eigenvalue weighted by atomic mass is 16.5. The largest absolute Gasteiger partial charge is 0.508 e. The molecule has 0 bridgehead atoms. The number of carbonyl (C=O) groups is 1. The van der Waals surface area contributed by atoms with Crippen molar-refractivity contribution >= 4 is 16.7 Å². The molecule has 0 saturated heterocycles. The molecule has 0 radical (unpaired) electrons. The number of aromatic hydroxyl groups is 1. The summed E-state index contributed by atoms with van der Waals surface area (Å²) in [6, 6.07) is 10.6. The van der Waals surface area contributed by atoms with Gasteiger partial charge in [0.15, 0.2) is 5.78 Å². The van der Waals surface area contributed by atoms with Gasteiger partial charge in [0, 0.05) is 35.9 Å². The Morgan fingerprint density at radius 2 is 1.93 bits per heavy atom. The first kappa shape index (κ1) is 18.5. The van der Waals surface area contributed by atoms with Crippen LogP contribution in [0.3, 0.4) is 0 Å². The number of benzene rings is 2. The molecule has 4 rings (SSSR count). The standard InChI is InChI=1S/C22H23NO5/c1-22(2)15-7-5-4-6-14(15)20(27)19-18-16(23(3)21(19)22)8-12(25)9-17(18)28-11-13(26)10-24/h4-9,13,24-26H,10-11H2,1-3H3/t13-/m1/s1. The molecule has 3 N–H and O–H groups in total. The third kappa shape index (κ3) is 2.52. The van der Waals surface area contributed by atoms with Crippen LogP contribution >= 0.6 is 0 Å². The molecule has 1 atom stereocenters. The Balaban J connectivity index is 2.02. The maximum atomic E-state index is 13.4. The topological polar surface area (TPSA) is 91.9 Å². The summed E-state index contributed by atoms with van der Waals surface area (Å²) in [5.74, 6) is 0.221. The predicted octanol–water partition coefficient (Wildman–Crippen LogP) is 2.49. The summed E-state index contributed by atoms with van der Waals surface area (Å²) in [6.07, 6.45) is -1.05. The van der Waals surface area contributed by atoms with E-state index in [9.17, 15) is 15.0 Å².